The number of nitrogens with zero attached hydrogens (tertiary/aromatic N) is 1. The van der Waals surface area contributed by atoms with Gasteiger partial charge in [-0.05, 0) is 25.2 Å². The molecule has 0 unspecified atom stereocenters. The predicted molar refractivity (Wildman–Crippen MR) is 63.1 cm³/mol. The summed E-state index contributed by atoms with van der Waals surface area (Å²) >= 11 is 0. The lowest BCUT2D eigenvalue weighted by molar-refractivity contribution is -0.154. The number of hydrogen-bond donors (Lipinski definition) is 2. The van der Waals surface area contributed by atoms with Crippen molar-refractivity contribution < 1.29 is 19.5 Å². The highest BCUT2D eigenvalue weighted by atomic mass is 16.4. The van der Waals surface area contributed by atoms with Crippen molar-refractivity contribution in [2.45, 2.75) is 25.3 Å². The maximum atomic E-state index is 11.3. The van der Waals surface area contributed by atoms with Gasteiger partial charge in [-0.2, -0.15) is 0 Å². The summed E-state index contributed by atoms with van der Waals surface area (Å²) in [5, 5.41) is 11.3. The number of aliphatic carboxylic acids is 1. The van der Waals surface area contributed by atoms with Gasteiger partial charge in [-0.1, -0.05) is 0 Å². The lowest BCUT2D eigenvalue weighted by Crippen LogP contribution is -2.62. The van der Waals surface area contributed by atoms with Gasteiger partial charge in [0.15, 0.2) is 5.81 Å². The van der Waals surface area contributed by atoms with Crippen molar-refractivity contribution >= 4 is 25.5 Å². The summed E-state index contributed by atoms with van der Waals surface area (Å²) in [5.74, 6) is -1.71. The number of hydrogen-bond acceptors (Lipinski definition) is 3. The molecule has 2 radical (unpaired) electrons. The van der Waals surface area contributed by atoms with E-state index in [4.69, 9.17) is 13.0 Å². The van der Waals surface area contributed by atoms with E-state index in [2.05, 4.69) is 5.32 Å². The van der Waals surface area contributed by atoms with Gasteiger partial charge in [-0.25, -0.2) is 4.79 Å². The van der Waals surface area contributed by atoms with Crippen LogP contribution in [0, 0.1) is 11.8 Å². The zero-order valence-electron chi connectivity index (χ0n) is 9.96. The van der Waals surface area contributed by atoms with Crippen LogP contribution >= 0.6 is 0 Å². The number of piperidine rings is 1. The minimum absolute atomic E-state index is 0.181. The van der Waals surface area contributed by atoms with Crippen LogP contribution in [0.25, 0.3) is 0 Å². The topological polar surface area (TPSA) is 86.7 Å². The molecule has 2 N–H and O–H groups in total. The third kappa shape index (κ3) is 2.49. The van der Waals surface area contributed by atoms with Crippen molar-refractivity contribution in [1.29, 1.82) is 0 Å². The second-order valence-corrected chi connectivity index (χ2v) is 4.94. The fourth-order valence-electron chi connectivity index (χ4n) is 2.64. The second kappa shape index (κ2) is 5.00. The van der Waals surface area contributed by atoms with Crippen molar-refractivity contribution in [2.24, 2.45) is 11.8 Å². The zero-order valence-corrected chi connectivity index (χ0v) is 9.96. The molecule has 2 heterocycles. The highest BCUT2D eigenvalue weighted by Crippen LogP contribution is 2.29. The van der Waals surface area contributed by atoms with Crippen LogP contribution in [0.1, 0.15) is 19.3 Å². The first-order valence-electron chi connectivity index (χ1n) is 6.06. The van der Waals surface area contributed by atoms with Gasteiger partial charge < -0.3 is 15.3 Å². The summed E-state index contributed by atoms with van der Waals surface area (Å²) in [4.78, 5) is 34.7. The molecule has 2 aliphatic rings. The molecule has 2 atom stereocenters. The Labute approximate surface area is 106 Å². The minimum Gasteiger partial charge on any atom is -0.480 e. The van der Waals surface area contributed by atoms with Gasteiger partial charge in [-0.3, -0.25) is 9.59 Å². The van der Waals surface area contributed by atoms with Gasteiger partial charge in [0.05, 0.1) is 5.92 Å². The van der Waals surface area contributed by atoms with Crippen LogP contribution in [0.5, 0.6) is 0 Å². The van der Waals surface area contributed by atoms with Gasteiger partial charge in [0.1, 0.15) is 6.04 Å². The minimum atomic E-state index is -0.978. The van der Waals surface area contributed by atoms with E-state index in [0.29, 0.717) is 25.4 Å². The van der Waals surface area contributed by atoms with Crippen LogP contribution in [0.3, 0.4) is 0 Å². The molecule has 0 aromatic carbocycles. The molecule has 2 aliphatic heterocycles. The first-order valence-corrected chi connectivity index (χ1v) is 6.06. The maximum absolute atomic E-state index is 11.3. The molecule has 2 fully saturated rings. The van der Waals surface area contributed by atoms with E-state index in [9.17, 15) is 14.4 Å². The molecule has 0 bridgehead atoms. The van der Waals surface area contributed by atoms with E-state index >= 15 is 0 Å². The second-order valence-electron chi connectivity index (χ2n) is 4.94. The van der Waals surface area contributed by atoms with Gasteiger partial charge in [0, 0.05) is 13.1 Å². The van der Waals surface area contributed by atoms with Gasteiger partial charge in [0.25, 0.3) is 0 Å². The molecule has 18 heavy (non-hydrogen) atoms. The van der Waals surface area contributed by atoms with Crippen LogP contribution in [-0.2, 0) is 9.59 Å². The molecule has 0 aliphatic carbocycles. The molecule has 2 saturated heterocycles. The van der Waals surface area contributed by atoms with Gasteiger partial charge in [-0.15, -0.1) is 0 Å². The predicted octanol–water partition coefficient (Wildman–Crippen LogP) is -0.424. The van der Waals surface area contributed by atoms with Crippen LogP contribution < -0.4 is 5.32 Å². The third-order valence-electron chi connectivity index (χ3n) is 3.82. The Bertz CT molecular complexity index is 379. The molecule has 7 heteroatoms. The third-order valence-corrected chi connectivity index (χ3v) is 3.82. The average molecular weight is 250 g/mol. The zero-order chi connectivity index (χ0) is 13.3. The summed E-state index contributed by atoms with van der Waals surface area (Å²) in [6.07, 6.45) is 2.13. The normalized spacial score (nSPS) is 28.4. The summed E-state index contributed by atoms with van der Waals surface area (Å²) in [7, 11) is 5.18. The Morgan fingerprint density at radius 1 is 1.39 bits per heavy atom. The van der Waals surface area contributed by atoms with E-state index < -0.39 is 23.7 Å². The first-order chi connectivity index (χ1) is 8.49. The van der Waals surface area contributed by atoms with Crippen molar-refractivity contribution in [2.75, 3.05) is 13.1 Å². The van der Waals surface area contributed by atoms with Crippen molar-refractivity contribution in [1.82, 2.24) is 10.2 Å². The largest absolute Gasteiger partial charge is 0.480 e. The Kier molecular flexibility index (Phi) is 3.59. The summed E-state index contributed by atoms with van der Waals surface area (Å²) in [6, 6.07) is -0.744. The Hall–Kier alpha value is -1.53. The Balaban J connectivity index is 1.83. The highest BCUT2D eigenvalue weighted by molar-refractivity contribution is 6.56. The summed E-state index contributed by atoms with van der Waals surface area (Å²) in [6.45, 7) is 1.18. The van der Waals surface area contributed by atoms with Crippen molar-refractivity contribution in [3.63, 3.8) is 0 Å². The average Bonchev–Trinajstić information content (AvgIpc) is 2.33. The molecular weight excluding hydrogens is 235 g/mol. The molecular formula is C11H15BN2O4. The smallest absolute Gasteiger partial charge is 0.327 e. The number of carboxylic acids is 1. The number of β-lactam (4-membered cyclic amide) rings is 1. The number of rotatable bonds is 3. The first kappa shape index (κ1) is 12.9. The number of amides is 2. The molecule has 0 aromatic rings. The molecule has 2 amide bonds. The van der Waals surface area contributed by atoms with E-state index in [-0.39, 0.29) is 5.91 Å². The van der Waals surface area contributed by atoms with Crippen LogP contribution in [0.4, 0.5) is 4.79 Å². The number of nitrogens with one attached hydrogen (secondary N) is 1. The number of carboxylic acid groups (broad SMARTS) is 1. The van der Waals surface area contributed by atoms with Crippen LogP contribution in [0.2, 0.25) is 0 Å². The Morgan fingerprint density at radius 2 is 2.00 bits per heavy atom. The maximum Gasteiger partial charge on any atom is 0.327 e. The monoisotopic (exact) mass is 250 g/mol. The lowest BCUT2D eigenvalue weighted by atomic mass is 9.79. The van der Waals surface area contributed by atoms with E-state index in [1.165, 1.54) is 0 Å². The summed E-state index contributed by atoms with van der Waals surface area (Å²) < 4.78 is 0. The molecule has 0 saturated carbocycles. The fraction of sp³-hybridized carbons (Fsp3) is 0.727. The SMILES string of the molecule is [B]C(=O)N1CCC(C[C@H]2C(=O)N[C@@H]2C(=O)O)CC1. The standard InChI is InChI=1S/C11H15BN2O4/c12-11(18)14-3-1-6(2-4-14)5-7-8(10(16)17)13-9(7)15/h6-8H,1-5H2,(H,13,15)(H,16,17)/t7-,8+/m1/s1. The highest BCUT2D eigenvalue weighted by Gasteiger charge is 2.45. The fourth-order valence-corrected chi connectivity index (χ4v) is 2.64. The molecule has 96 valence electrons. The van der Waals surface area contributed by atoms with E-state index in [1.54, 1.807) is 4.90 Å². The number of likely N-dealkylation sites (tertiary alicyclic amines) is 1. The van der Waals surface area contributed by atoms with E-state index in [1.807, 2.05) is 0 Å². The number of carbonyl (C=O) groups excluding carboxylic acids is 2. The Morgan fingerprint density at radius 3 is 2.44 bits per heavy atom. The van der Waals surface area contributed by atoms with Crippen molar-refractivity contribution in [3.05, 3.63) is 0 Å². The van der Waals surface area contributed by atoms with Gasteiger partial charge in [0.2, 0.25) is 13.8 Å². The molecule has 0 spiro atoms. The van der Waals surface area contributed by atoms with Crippen LogP contribution in [0.15, 0.2) is 0 Å². The van der Waals surface area contributed by atoms with Gasteiger partial charge >= 0.3 is 5.97 Å². The molecule has 6 nitrogen and oxygen atoms in total. The molecule has 2 rings (SSSR count). The van der Waals surface area contributed by atoms with Crippen molar-refractivity contribution in [3.8, 4) is 0 Å². The quantitative estimate of drug-likeness (QED) is 0.526. The summed E-state index contributed by atoms with van der Waals surface area (Å²) in [5.41, 5.74) is 0. The molecule has 0 aromatic heterocycles. The lowest BCUT2D eigenvalue weighted by Gasteiger charge is -2.38. The van der Waals surface area contributed by atoms with E-state index in [0.717, 1.165) is 12.8 Å². The van der Waals surface area contributed by atoms with Crippen LogP contribution in [-0.4, -0.2) is 54.7 Å². The number of carbonyl (C=O) groups is 3.